The fourth-order valence-electron chi connectivity index (χ4n) is 2.49. The molecule has 0 spiro atoms. The SMILES string of the molecule is CN=C(NCc1cccc(OCC(F)F)c1)NCc1ccc(C)cc1OC.I. The van der Waals surface area contributed by atoms with Crippen LogP contribution in [0.2, 0.25) is 0 Å². The zero-order valence-corrected chi connectivity index (χ0v) is 18.5. The predicted octanol–water partition coefficient (Wildman–Crippen LogP) is 4.13. The maximum absolute atomic E-state index is 12.3. The summed E-state index contributed by atoms with van der Waals surface area (Å²) in [6.45, 7) is 2.44. The Morgan fingerprint density at radius 2 is 1.86 bits per heavy atom. The van der Waals surface area contributed by atoms with Crippen molar-refractivity contribution in [1.29, 1.82) is 0 Å². The maximum Gasteiger partial charge on any atom is 0.272 e. The summed E-state index contributed by atoms with van der Waals surface area (Å²) in [6, 6.07) is 13.1. The van der Waals surface area contributed by atoms with Crippen LogP contribution in [-0.4, -0.2) is 33.1 Å². The van der Waals surface area contributed by atoms with Crippen LogP contribution in [-0.2, 0) is 13.1 Å². The summed E-state index contributed by atoms with van der Waals surface area (Å²) >= 11 is 0. The number of guanidine groups is 1. The van der Waals surface area contributed by atoms with Crippen LogP contribution in [0.5, 0.6) is 11.5 Å². The van der Waals surface area contributed by atoms with Crippen molar-refractivity contribution >= 4 is 29.9 Å². The fourth-order valence-corrected chi connectivity index (χ4v) is 2.49. The van der Waals surface area contributed by atoms with E-state index in [1.807, 2.05) is 31.2 Å². The number of halogens is 3. The first kappa shape index (κ1) is 23.9. The molecular formula is C20H26F2IN3O2. The Morgan fingerprint density at radius 1 is 1.11 bits per heavy atom. The highest BCUT2D eigenvalue weighted by molar-refractivity contribution is 14.0. The Kier molecular flexibility index (Phi) is 10.6. The second-order valence-corrected chi connectivity index (χ2v) is 5.94. The topological polar surface area (TPSA) is 54.9 Å². The summed E-state index contributed by atoms with van der Waals surface area (Å²) in [5, 5.41) is 6.42. The van der Waals surface area contributed by atoms with Gasteiger partial charge in [0, 0.05) is 25.7 Å². The molecule has 0 aromatic heterocycles. The summed E-state index contributed by atoms with van der Waals surface area (Å²) in [7, 11) is 3.33. The third-order valence-electron chi connectivity index (χ3n) is 3.85. The van der Waals surface area contributed by atoms with Crippen LogP contribution in [0, 0.1) is 6.92 Å². The number of hydrogen-bond donors (Lipinski definition) is 2. The maximum atomic E-state index is 12.3. The smallest absolute Gasteiger partial charge is 0.272 e. The third kappa shape index (κ3) is 7.87. The number of alkyl halides is 2. The van der Waals surface area contributed by atoms with E-state index in [0.717, 1.165) is 22.4 Å². The number of hydrogen-bond acceptors (Lipinski definition) is 3. The van der Waals surface area contributed by atoms with E-state index >= 15 is 0 Å². The van der Waals surface area contributed by atoms with Crippen LogP contribution in [0.25, 0.3) is 0 Å². The molecule has 0 amide bonds. The van der Waals surface area contributed by atoms with Crippen LogP contribution >= 0.6 is 24.0 Å². The molecule has 0 aliphatic carbocycles. The first-order valence-electron chi connectivity index (χ1n) is 8.59. The van der Waals surface area contributed by atoms with E-state index < -0.39 is 13.0 Å². The van der Waals surface area contributed by atoms with Gasteiger partial charge in [-0.05, 0) is 36.2 Å². The van der Waals surface area contributed by atoms with Crippen molar-refractivity contribution in [3.05, 3.63) is 59.2 Å². The number of methoxy groups -OCH3 is 1. The minimum Gasteiger partial charge on any atom is -0.496 e. The quantitative estimate of drug-likeness (QED) is 0.322. The summed E-state index contributed by atoms with van der Waals surface area (Å²) in [6.07, 6.45) is -2.49. The van der Waals surface area contributed by atoms with E-state index in [1.165, 1.54) is 0 Å². The second-order valence-electron chi connectivity index (χ2n) is 5.94. The van der Waals surface area contributed by atoms with Crippen LogP contribution in [0.4, 0.5) is 8.78 Å². The Balaban J connectivity index is 0.00000392. The van der Waals surface area contributed by atoms with Gasteiger partial charge in [0.2, 0.25) is 0 Å². The van der Waals surface area contributed by atoms with Gasteiger partial charge in [-0.3, -0.25) is 4.99 Å². The van der Waals surface area contributed by atoms with Crippen molar-refractivity contribution in [1.82, 2.24) is 10.6 Å². The van der Waals surface area contributed by atoms with E-state index in [9.17, 15) is 8.78 Å². The first-order valence-corrected chi connectivity index (χ1v) is 8.59. The summed E-state index contributed by atoms with van der Waals surface area (Å²) in [4.78, 5) is 4.20. The van der Waals surface area contributed by atoms with Gasteiger partial charge in [0.05, 0.1) is 7.11 Å². The molecular weight excluding hydrogens is 479 g/mol. The zero-order valence-electron chi connectivity index (χ0n) is 16.2. The van der Waals surface area contributed by atoms with Crippen molar-refractivity contribution in [3.63, 3.8) is 0 Å². The van der Waals surface area contributed by atoms with Gasteiger partial charge in [0.15, 0.2) is 5.96 Å². The minimum absolute atomic E-state index is 0. The number of aryl methyl sites for hydroxylation is 1. The molecule has 28 heavy (non-hydrogen) atoms. The van der Waals surface area contributed by atoms with Gasteiger partial charge in [0.25, 0.3) is 6.43 Å². The van der Waals surface area contributed by atoms with Gasteiger partial charge in [-0.1, -0.05) is 24.3 Å². The Labute approximate surface area is 181 Å². The lowest BCUT2D eigenvalue weighted by Gasteiger charge is -2.14. The highest BCUT2D eigenvalue weighted by Crippen LogP contribution is 2.19. The highest BCUT2D eigenvalue weighted by atomic mass is 127. The Morgan fingerprint density at radius 3 is 2.54 bits per heavy atom. The van der Waals surface area contributed by atoms with Crippen molar-refractivity contribution in [2.24, 2.45) is 4.99 Å². The van der Waals surface area contributed by atoms with E-state index in [-0.39, 0.29) is 24.0 Å². The standard InChI is InChI=1S/C20H25F2N3O2.HI/c1-14-7-8-16(18(9-14)26-3)12-25-20(23-2)24-11-15-5-4-6-17(10-15)27-13-19(21)22;/h4-10,19H,11-13H2,1-3H3,(H2,23,24,25);1H. The van der Waals surface area contributed by atoms with Gasteiger partial charge in [-0.15, -0.1) is 24.0 Å². The van der Waals surface area contributed by atoms with Crippen LogP contribution in [0.3, 0.4) is 0 Å². The lowest BCUT2D eigenvalue weighted by molar-refractivity contribution is 0.0818. The largest absolute Gasteiger partial charge is 0.496 e. The molecule has 0 saturated carbocycles. The zero-order chi connectivity index (χ0) is 19.6. The van der Waals surface area contributed by atoms with Crippen LogP contribution in [0.15, 0.2) is 47.5 Å². The van der Waals surface area contributed by atoms with Crippen LogP contribution < -0.4 is 20.1 Å². The lowest BCUT2D eigenvalue weighted by atomic mass is 10.1. The number of rotatable bonds is 8. The molecule has 154 valence electrons. The van der Waals surface area contributed by atoms with Crippen molar-refractivity contribution in [2.75, 3.05) is 20.8 Å². The first-order chi connectivity index (χ1) is 13.0. The molecule has 5 nitrogen and oxygen atoms in total. The summed E-state index contributed by atoms with van der Waals surface area (Å²) in [5.41, 5.74) is 3.05. The molecule has 2 aromatic rings. The molecule has 0 atom stereocenters. The number of nitrogens with zero attached hydrogens (tertiary/aromatic N) is 1. The van der Waals surface area contributed by atoms with Gasteiger partial charge in [0.1, 0.15) is 18.1 Å². The molecule has 0 saturated heterocycles. The van der Waals surface area contributed by atoms with E-state index in [4.69, 9.17) is 9.47 Å². The average molecular weight is 505 g/mol. The molecule has 0 aliphatic rings. The molecule has 2 aromatic carbocycles. The monoisotopic (exact) mass is 505 g/mol. The van der Waals surface area contributed by atoms with Crippen molar-refractivity contribution < 1.29 is 18.3 Å². The van der Waals surface area contributed by atoms with Crippen LogP contribution in [0.1, 0.15) is 16.7 Å². The van der Waals surface area contributed by atoms with Crippen molar-refractivity contribution in [3.8, 4) is 11.5 Å². The van der Waals surface area contributed by atoms with Gasteiger partial charge in [-0.2, -0.15) is 0 Å². The molecule has 0 heterocycles. The molecule has 0 fully saturated rings. The van der Waals surface area contributed by atoms with Gasteiger partial charge in [-0.25, -0.2) is 8.78 Å². The molecule has 2 rings (SSSR count). The minimum atomic E-state index is -2.49. The number of benzene rings is 2. The summed E-state index contributed by atoms with van der Waals surface area (Å²) in [5.74, 6) is 1.86. The molecule has 8 heteroatoms. The Bertz CT molecular complexity index is 773. The van der Waals surface area contributed by atoms with E-state index in [2.05, 4.69) is 15.6 Å². The number of aliphatic imine (C=N–C) groups is 1. The normalized spacial score (nSPS) is 11.0. The fraction of sp³-hybridized carbons (Fsp3) is 0.350. The molecule has 0 unspecified atom stereocenters. The van der Waals surface area contributed by atoms with E-state index in [1.54, 1.807) is 32.4 Å². The van der Waals surface area contributed by atoms with E-state index in [0.29, 0.717) is 24.8 Å². The van der Waals surface area contributed by atoms with Crippen molar-refractivity contribution in [2.45, 2.75) is 26.4 Å². The summed E-state index contributed by atoms with van der Waals surface area (Å²) < 4.78 is 35.0. The average Bonchev–Trinajstić information content (AvgIpc) is 2.67. The molecule has 0 radical (unpaired) electrons. The predicted molar refractivity (Wildman–Crippen MR) is 118 cm³/mol. The van der Waals surface area contributed by atoms with Gasteiger partial charge < -0.3 is 20.1 Å². The molecule has 2 N–H and O–H groups in total. The number of nitrogens with one attached hydrogen (secondary N) is 2. The highest BCUT2D eigenvalue weighted by Gasteiger charge is 2.06. The molecule has 0 bridgehead atoms. The molecule has 0 aliphatic heterocycles. The third-order valence-corrected chi connectivity index (χ3v) is 3.85. The Hall–Kier alpha value is -2.10. The number of ether oxygens (including phenoxy) is 2. The van der Waals surface area contributed by atoms with Gasteiger partial charge >= 0.3 is 0 Å². The second kappa shape index (κ2) is 12.4. The lowest BCUT2D eigenvalue weighted by Crippen LogP contribution is -2.36.